The molecule has 0 atom stereocenters. The predicted octanol–water partition coefficient (Wildman–Crippen LogP) is -1.53. The molecule has 0 saturated heterocycles. The predicted molar refractivity (Wildman–Crippen MR) is 22.1 cm³/mol. The van der Waals surface area contributed by atoms with E-state index in [0.717, 1.165) is 0 Å². The summed E-state index contributed by atoms with van der Waals surface area (Å²) in [6.07, 6.45) is 0. The summed E-state index contributed by atoms with van der Waals surface area (Å²) >= 11 is 0. The van der Waals surface area contributed by atoms with Gasteiger partial charge in [0, 0.05) is 0 Å². The monoisotopic (exact) mass is 254 g/mol. The minimum atomic E-state index is 0. The Balaban J connectivity index is 0. The van der Waals surface area contributed by atoms with Crippen LogP contribution in [0.15, 0.2) is 0 Å². The third-order valence-corrected chi connectivity index (χ3v) is 0. The third kappa shape index (κ3) is 42.8. The Morgan fingerprint density at radius 1 is 1.75 bits per heavy atom. The summed E-state index contributed by atoms with van der Waals surface area (Å²) in [5.74, 6) is 0. The molecule has 4 heavy (non-hydrogen) atoms. The van der Waals surface area contributed by atoms with Crippen LogP contribution in [0.4, 0.5) is 0 Å². The Labute approximate surface area is 44.6 Å². The molecular weight excluding hydrogens is 247 g/mol. The van der Waals surface area contributed by atoms with Crippen molar-refractivity contribution in [1.82, 2.24) is 0 Å². The molecule has 0 aliphatic carbocycles. The molecule has 0 aromatic carbocycles. The van der Waals surface area contributed by atoms with E-state index in [-0.39, 0.29) is 27.3 Å². The van der Waals surface area contributed by atoms with Crippen molar-refractivity contribution in [3.8, 4) is 0 Å². The van der Waals surface area contributed by atoms with Crippen LogP contribution in [0.25, 0.3) is 5.53 Å². The van der Waals surface area contributed by atoms with Crippen molar-refractivity contribution in [3.05, 3.63) is 5.53 Å². The van der Waals surface area contributed by atoms with Crippen LogP contribution in [-0.4, -0.2) is 38.8 Å². The molecule has 0 fully saturated rings. The standard InChI is InChI=1S/CH2N2.Pb.4H/c1-3-2;;;;;/h1H2;;;;;. The number of rotatable bonds is 0. The summed E-state index contributed by atoms with van der Waals surface area (Å²) in [4.78, 5) is 2.25. The fraction of sp³-hybridized carbons (Fsp3) is 0. The average molecular weight is 253 g/mol. The number of hydrogen-bond donors (Lipinski definition) is 0. The molecule has 0 radical (unpaired) electrons. The zero-order valence-corrected chi connectivity index (χ0v) is 1.60. The second kappa shape index (κ2) is 10.3. The van der Waals surface area contributed by atoms with E-state index in [4.69, 9.17) is 5.53 Å². The molecule has 2 nitrogen and oxygen atoms in total. The van der Waals surface area contributed by atoms with Gasteiger partial charge in [-0.2, -0.15) is 4.79 Å². The Morgan fingerprint density at radius 2 is 1.75 bits per heavy atom. The summed E-state index contributed by atoms with van der Waals surface area (Å²) in [6, 6.07) is 0. The van der Waals surface area contributed by atoms with Gasteiger partial charge in [-0.25, -0.2) is 0 Å². The van der Waals surface area contributed by atoms with Crippen molar-refractivity contribution >= 4 is 34.0 Å². The minimum absolute atomic E-state index is 0. The molecule has 24 valence electrons. The van der Waals surface area contributed by atoms with Crippen LogP contribution in [0.2, 0.25) is 0 Å². The fourth-order valence-electron chi connectivity index (χ4n) is 0. The molecule has 0 spiro atoms. The van der Waals surface area contributed by atoms with E-state index in [1.165, 1.54) is 0 Å². The van der Waals surface area contributed by atoms with Crippen molar-refractivity contribution < 1.29 is 4.79 Å². The van der Waals surface area contributed by atoms with Crippen molar-refractivity contribution in [2.75, 3.05) is 0 Å². The van der Waals surface area contributed by atoms with Gasteiger partial charge in [0.15, 0.2) is 0 Å². The second-order valence-corrected chi connectivity index (χ2v) is 0.141. The van der Waals surface area contributed by atoms with E-state index in [2.05, 4.69) is 11.5 Å². The molecule has 0 saturated carbocycles. The summed E-state index contributed by atoms with van der Waals surface area (Å²) in [5.41, 5.74) is 7.08. The van der Waals surface area contributed by atoms with E-state index in [0.29, 0.717) is 0 Å². The first-order valence-corrected chi connectivity index (χ1v) is 0.516. The molecule has 0 aromatic heterocycles. The SMILES string of the molecule is C=[N+]=[N-].[PbH4]. The third-order valence-electron chi connectivity index (χ3n) is 0. The molecular formula is CH6N2Pb. The molecule has 0 heterocycles. The van der Waals surface area contributed by atoms with Crippen LogP contribution in [0, 0.1) is 0 Å². The first kappa shape index (κ1) is 8.85. The molecule has 0 N–H and O–H groups in total. The summed E-state index contributed by atoms with van der Waals surface area (Å²) in [7, 11) is 0. The van der Waals surface area contributed by atoms with E-state index >= 15 is 0 Å². The maximum atomic E-state index is 7.08. The maximum absolute atomic E-state index is 7.08. The molecule has 0 amide bonds. The zero-order chi connectivity index (χ0) is 2.71. The van der Waals surface area contributed by atoms with E-state index < -0.39 is 0 Å². The summed E-state index contributed by atoms with van der Waals surface area (Å²) < 4.78 is 0. The van der Waals surface area contributed by atoms with Crippen LogP contribution < -0.4 is 0 Å². The number of nitrogens with zero attached hydrogens (tertiary/aromatic N) is 2. The van der Waals surface area contributed by atoms with Crippen LogP contribution in [0.5, 0.6) is 0 Å². The van der Waals surface area contributed by atoms with Crippen molar-refractivity contribution in [1.29, 1.82) is 0 Å². The number of hydrogen-bond acceptors (Lipinski definition) is 0. The molecule has 0 bridgehead atoms. The fourth-order valence-corrected chi connectivity index (χ4v) is 0. The molecule has 0 unspecified atom stereocenters. The van der Waals surface area contributed by atoms with Gasteiger partial charge in [0.25, 0.3) is 0 Å². The first-order valence-electron chi connectivity index (χ1n) is 0.516. The van der Waals surface area contributed by atoms with E-state index in [1.807, 2.05) is 0 Å². The zero-order valence-electron chi connectivity index (χ0n) is 1.60. The van der Waals surface area contributed by atoms with Gasteiger partial charge in [0.1, 0.15) is 0 Å². The van der Waals surface area contributed by atoms with Crippen molar-refractivity contribution in [2.24, 2.45) is 0 Å². The molecule has 0 aliphatic rings. The quantitative estimate of drug-likeness (QED) is 0.217. The van der Waals surface area contributed by atoms with Gasteiger partial charge >= 0.3 is 27.3 Å². The first-order chi connectivity index (χ1) is 1.41. The van der Waals surface area contributed by atoms with Crippen molar-refractivity contribution in [2.45, 2.75) is 0 Å². The average Bonchev–Trinajstić information content (AvgIpc) is 0.918. The normalized spacial score (nSPS) is 2.00. The molecule has 0 aliphatic heterocycles. The topological polar surface area (TPSA) is 36.4 Å². The Morgan fingerprint density at radius 3 is 1.75 bits per heavy atom. The Bertz CT molecular complexity index is 27.0. The summed E-state index contributed by atoms with van der Waals surface area (Å²) in [5, 5.41) is 0. The van der Waals surface area contributed by atoms with E-state index in [1.54, 1.807) is 0 Å². The van der Waals surface area contributed by atoms with Gasteiger partial charge in [0.2, 0.25) is 6.72 Å². The Hall–Kier alpha value is 0.302. The Kier molecular flexibility index (Phi) is 22.8. The van der Waals surface area contributed by atoms with Gasteiger partial charge in [-0.3, -0.25) is 0 Å². The van der Waals surface area contributed by atoms with Gasteiger partial charge in [-0.05, 0) is 0 Å². The van der Waals surface area contributed by atoms with Gasteiger partial charge < -0.3 is 5.53 Å². The molecule has 0 rings (SSSR count). The van der Waals surface area contributed by atoms with Crippen LogP contribution in [0.3, 0.4) is 0 Å². The van der Waals surface area contributed by atoms with Gasteiger partial charge in [-0.15, -0.1) is 0 Å². The van der Waals surface area contributed by atoms with Crippen LogP contribution in [0.1, 0.15) is 0 Å². The second-order valence-electron chi connectivity index (χ2n) is 0.141. The van der Waals surface area contributed by atoms with Crippen LogP contribution >= 0.6 is 0 Å². The van der Waals surface area contributed by atoms with Gasteiger partial charge in [-0.1, -0.05) is 0 Å². The van der Waals surface area contributed by atoms with Gasteiger partial charge in [0.05, 0.1) is 0 Å². The molecule has 0 aromatic rings. The summed E-state index contributed by atoms with van der Waals surface area (Å²) in [6.45, 7) is 2.67. The molecule has 3 heteroatoms. The van der Waals surface area contributed by atoms with Crippen molar-refractivity contribution in [3.63, 3.8) is 0 Å². The van der Waals surface area contributed by atoms with E-state index in [9.17, 15) is 0 Å². The van der Waals surface area contributed by atoms with Crippen LogP contribution in [-0.2, 0) is 0 Å².